The monoisotopic (exact) mass is 312 g/mol. The number of Topliss-reactive ketones (excluding diaryl/α,β-unsaturated/α-hetero) is 1. The molecule has 0 aliphatic rings. The van der Waals surface area contributed by atoms with Gasteiger partial charge in [0.1, 0.15) is 0 Å². The van der Waals surface area contributed by atoms with Gasteiger partial charge in [0.25, 0.3) is 0 Å². The van der Waals surface area contributed by atoms with E-state index in [1.165, 1.54) is 0 Å². The summed E-state index contributed by atoms with van der Waals surface area (Å²) in [7, 11) is 0. The lowest BCUT2D eigenvalue weighted by atomic mass is 10.1. The minimum absolute atomic E-state index is 0.118. The molecule has 0 heterocycles. The minimum atomic E-state index is -1.42. The van der Waals surface area contributed by atoms with E-state index >= 15 is 0 Å². The maximum absolute atomic E-state index is 11.1. The van der Waals surface area contributed by atoms with Crippen LogP contribution in [0.5, 0.6) is 0 Å². The first-order valence-corrected chi connectivity index (χ1v) is 6.97. The van der Waals surface area contributed by atoms with Crippen LogP contribution < -0.4 is 0 Å². The van der Waals surface area contributed by atoms with Gasteiger partial charge < -0.3 is 5.11 Å². The summed E-state index contributed by atoms with van der Waals surface area (Å²) in [5, 5.41) is 9.18. The number of benzene rings is 2. The van der Waals surface area contributed by atoms with Crippen molar-refractivity contribution >= 4 is 23.4 Å². The highest BCUT2D eigenvalue weighted by molar-refractivity contribution is 6.33. The van der Waals surface area contributed by atoms with Gasteiger partial charge in [0.15, 0.2) is 0 Å². The Hall–Kier alpha value is -2.57. The normalized spacial score (nSPS) is 9.73. The SMILES string of the molecule is Cc1ccc(C#Cc2ccc(CC(=O)C(=O)O)cc2)c(Cl)c1. The van der Waals surface area contributed by atoms with Gasteiger partial charge in [0.2, 0.25) is 5.78 Å². The summed E-state index contributed by atoms with van der Waals surface area (Å²) >= 11 is 6.11. The third-order valence-electron chi connectivity index (χ3n) is 3.02. The van der Waals surface area contributed by atoms with Crippen LogP contribution in [0.15, 0.2) is 42.5 Å². The number of aliphatic carboxylic acids is 1. The molecule has 2 aromatic carbocycles. The van der Waals surface area contributed by atoms with Gasteiger partial charge in [-0.3, -0.25) is 4.79 Å². The molecule has 0 aromatic heterocycles. The highest BCUT2D eigenvalue weighted by Gasteiger charge is 2.11. The summed E-state index contributed by atoms with van der Waals surface area (Å²) in [4.78, 5) is 21.6. The number of halogens is 1. The first-order chi connectivity index (χ1) is 10.5. The van der Waals surface area contributed by atoms with Crippen molar-refractivity contribution in [1.29, 1.82) is 0 Å². The van der Waals surface area contributed by atoms with E-state index in [-0.39, 0.29) is 6.42 Å². The highest BCUT2D eigenvalue weighted by Crippen LogP contribution is 2.16. The van der Waals surface area contributed by atoms with Crippen molar-refractivity contribution in [2.24, 2.45) is 0 Å². The minimum Gasteiger partial charge on any atom is -0.475 e. The predicted molar refractivity (Wildman–Crippen MR) is 85.0 cm³/mol. The molecule has 110 valence electrons. The Balaban J connectivity index is 2.13. The lowest BCUT2D eigenvalue weighted by molar-refractivity contribution is -0.148. The van der Waals surface area contributed by atoms with Gasteiger partial charge in [-0.1, -0.05) is 41.6 Å². The lowest BCUT2D eigenvalue weighted by Crippen LogP contribution is -2.14. The fraction of sp³-hybridized carbons (Fsp3) is 0.111. The zero-order chi connectivity index (χ0) is 16.1. The van der Waals surface area contributed by atoms with Crippen LogP contribution in [-0.2, 0) is 16.0 Å². The van der Waals surface area contributed by atoms with Crippen molar-refractivity contribution in [1.82, 2.24) is 0 Å². The first kappa shape index (κ1) is 15.8. The largest absolute Gasteiger partial charge is 0.475 e. The molecule has 0 aliphatic carbocycles. The van der Waals surface area contributed by atoms with Gasteiger partial charge in [0.05, 0.1) is 5.02 Å². The van der Waals surface area contributed by atoms with Crippen LogP contribution in [-0.4, -0.2) is 16.9 Å². The Morgan fingerprint density at radius 1 is 1.09 bits per heavy atom. The van der Waals surface area contributed by atoms with E-state index in [0.717, 1.165) is 16.7 Å². The van der Waals surface area contributed by atoms with E-state index in [4.69, 9.17) is 16.7 Å². The Bertz CT molecular complexity index is 780. The molecule has 0 atom stereocenters. The van der Waals surface area contributed by atoms with Crippen molar-refractivity contribution in [3.05, 3.63) is 69.7 Å². The Kier molecular flexibility index (Phi) is 4.98. The average molecular weight is 313 g/mol. The van der Waals surface area contributed by atoms with Gasteiger partial charge in [-0.25, -0.2) is 4.79 Å². The van der Waals surface area contributed by atoms with Crippen LogP contribution in [0, 0.1) is 18.8 Å². The van der Waals surface area contributed by atoms with E-state index in [0.29, 0.717) is 10.6 Å². The second-order valence-corrected chi connectivity index (χ2v) is 5.24. The van der Waals surface area contributed by atoms with Crippen LogP contribution in [0.3, 0.4) is 0 Å². The zero-order valence-corrected chi connectivity index (χ0v) is 12.6. The van der Waals surface area contributed by atoms with Crippen LogP contribution in [0.25, 0.3) is 0 Å². The Morgan fingerprint density at radius 2 is 1.77 bits per heavy atom. The molecule has 0 unspecified atom stereocenters. The quantitative estimate of drug-likeness (QED) is 0.699. The molecule has 22 heavy (non-hydrogen) atoms. The summed E-state index contributed by atoms with van der Waals surface area (Å²) in [6, 6.07) is 12.6. The summed E-state index contributed by atoms with van der Waals surface area (Å²) in [6.45, 7) is 1.96. The third-order valence-corrected chi connectivity index (χ3v) is 3.34. The number of hydrogen-bond donors (Lipinski definition) is 1. The molecule has 0 aliphatic heterocycles. The molecular weight excluding hydrogens is 300 g/mol. The number of carbonyl (C=O) groups excluding carboxylic acids is 1. The average Bonchev–Trinajstić information content (AvgIpc) is 2.47. The second-order valence-electron chi connectivity index (χ2n) is 4.84. The number of carboxylic acid groups (broad SMARTS) is 1. The molecule has 1 N–H and O–H groups in total. The van der Waals surface area contributed by atoms with E-state index in [2.05, 4.69) is 11.8 Å². The van der Waals surface area contributed by atoms with Gasteiger partial charge in [0, 0.05) is 17.5 Å². The lowest BCUT2D eigenvalue weighted by Gasteiger charge is -1.99. The topological polar surface area (TPSA) is 54.4 Å². The van der Waals surface area contributed by atoms with Crippen LogP contribution in [0.4, 0.5) is 0 Å². The molecule has 0 bridgehead atoms. The van der Waals surface area contributed by atoms with Gasteiger partial charge in [-0.2, -0.15) is 0 Å². The standard InChI is InChI=1S/C18H13ClO3/c1-12-2-8-15(16(19)10-12)9-7-13-3-5-14(6-4-13)11-17(20)18(21)22/h2-6,8,10H,11H2,1H3,(H,21,22). The fourth-order valence-corrected chi connectivity index (χ4v) is 2.11. The molecular formula is C18H13ClO3. The number of aryl methyl sites for hydroxylation is 1. The summed E-state index contributed by atoms with van der Waals surface area (Å²) in [5.74, 6) is 3.73. The van der Waals surface area contributed by atoms with Crippen LogP contribution >= 0.6 is 11.6 Å². The Labute approximate surface area is 133 Å². The number of rotatable bonds is 3. The molecule has 0 amide bonds. The Morgan fingerprint density at radius 3 is 2.36 bits per heavy atom. The van der Waals surface area contributed by atoms with Crippen molar-refractivity contribution < 1.29 is 14.7 Å². The molecule has 2 rings (SSSR count). The molecule has 2 aromatic rings. The number of hydrogen-bond acceptors (Lipinski definition) is 2. The summed E-state index contributed by atoms with van der Waals surface area (Å²) in [6.07, 6.45) is -0.118. The molecule has 0 spiro atoms. The van der Waals surface area contributed by atoms with E-state index in [1.807, 2.05) is 25.1 Å². The first-order valence-electron chi connectivity index (χ1n) is 6.59. The van der Waals surface area contributed by atoms with Gasteiger partial charge >= 0.3 is 5.97 Å². The molecule has 0 saturated carbocycles. The van der Waals surface area contributed by atoms with E-state index < -0.39 is 11.8 Å². The second kappa shape index (κ2) is 6.93. The van der Waals surface area contributed by atoms with Crippen molar-refractivity contribution in [3.63, 3.8) is 0 Å². The van der Waals surface area contributed by atoms with Gasteiger partial charge in [-0.05, 0) is 42.3 Å². The molecule has 4 heteroatoms. The fourth-order valence-electron chi connectivity index (χ4n) is 1.83. The predicted octanol–water partition coefficient (Wildman–Crippen LogP) is 3.24. The molecule has 0 saturated heterocycles. The van der Waals surface area contributed by atoms with Crippen molar-refractivity contribution in [3.8, 4) is 11.8 Å². The number of ketones is 1. The number of carboxylic acids is 1. The molecule has 0 fully saturated rings. The highest BCUT2D eigenvalue weighted by atomic mass is 35.5. The molecule has 0 radical (unpaired) electrons. The summed E-state index contributed by atoms with van der Waals surface area (Å²) in [5.41, 5.74) is 3.23. The maximum Gasteiger partial charge on any atom is 0.372 e. The smallest absolute Gasteiger partial charge is 0.372 e. The van der Waals surface area contributed by atoms with Crippen LogP contribution in [0.2, 0.25) is 5.02 Å². The van der Waals surface area contributed by atoms with Crippen molar-refractivity contribution in [2.75, 3.05) is 0 Å². The van der Waals surface area contributed by atoms with E-state index in [9.17, 15) is 9.59 Å². The van der Waals surface area contributed by atoms with Crippen LogP contribution in [0.1, 0.15) is 22.3 Å². The van der Waals surface area contributed by atoms with E-state index in [1.54, 1.807) is 24.3 Å². The molecule has 3 nitrogen and oxygen atoms in total. The zero-order valence-electron chi connectivity index (χ0n) is 11.9. The summed E-state index contributed by atoms with van der Waals surface area (Å²) < 4.78 is 0. The van der Waals surface area contributed by atoms with Gasteiger partial charge in [-0.15, -0.1) is 0 Å². The van der Waals surface area contributed by atoms with Crippen molar-refractivity contribution in [2.45, 2.75) is 13.3 Å². The third kappa shape index (κ3) is 4.21. The maximum atomic E-state index is 11.1. The number of carbonyl (C=O) groups is 2.